The highest BCUT2D eigenvalue weighted by atomic mass is 79.9. The third-order valence-electron chi connectivity index (χ3n) is 2.79. The lowest BCUT2D eigenvalue weighted by atomic mass is 10.2. The summed E-state index contributed by atoms with van der Waals surface area (Å²) >= 11 is 3.42. The van der Waals surface area contributed by atoms with Crippen LogP contribution in [-0.4, -0.2) is 31.3 Å². The van der Waals surface area contributed by atoms with Gasteiger partial charge in [0, 0.05) is 11.9 Å². The van der Waals surface area contributed by atoms with E-state index < -0.39 is 0 Å². The molecule has 0 bridgehead atoms. The second-order valence-corrected chi connectivity index (χ2v) is 5.12. The molecule has 18 heavy (non-hydrogen) atoms. The number of ether oxygens (including phenoxy) is 3. The number of rotatable bonds is 7. The molecular formula is C14H19BrO3. The molecule has 1 aromatic rings. The second kappa shape index (κ2) is 7.64. The summed E-state index contributed by atoms with van der Waals surface area (Å²) in [6.07, 6.45) is 3.53. The van der Waals surface area contributed by atoms with E-state index in [1.165, 1.54) is 12.8 Å². The highest BCUT2D eigenvalue weighted by Crippen LogP contribution is 2.30. The van der Waals surface area contributed by atoms with E-state index in [0.717, 1.165) is 29.9 Å². The smallest absolute Gasteiger partial charge is 0.161 e. The fourth-order valence-corrected chi connectivity index (χ4v) is 2.23. The van der Waals surface area contributed by atoms with E-state index in [4.69, 9.17) is 14.2 Å². The van der Waals surface area contributed by atoms with Gasteiger partial charge in [-0.3, -0.25) is 0 Å². The second-order valence-electron chi connectivity index (χ2n) is 4.32. The Morgan fingerprint density at radius 2 is 2.00 bits per heavy atom. The summed E-state index contributed by atoms with van der Waals surface area (Å²) in [5.41, 5.74) is 0. The molecule has 0 radical (unpaired) electrons. The van der Waals surface area contributed by atoms with E-state index in [-0.39, 0.29) is 6.10 Å². The summed E-state index contributed by atoms with van der Waals surface area (Å²) in [6, 6.07) is 7.75. The van der Waals surface area contributed by atoms with Crippen LogP contribution >= 0.6 is 15.9 Å². The molecule has 0 saturated carbocycles. The van der Waals surface area contributed by atoms with Crippen LogP contribution in [0.1, 0.15) is 19.3 Å². The maximum atomic E-state index is 5.80. The van der Waals surface area contributed by atoms with Crippen LogP contribution in [0.4, 0.5) is 0 Å². The first kappa shape index (κ1) is 13.7. The van der Waals surface area contributed by atoms with Gasteiger partial charge in [0.25, 0.3) is 0 Å². The van der Waals surface area contributed by atoms with Gasteiger partial charge in [0.05, 0.1) is 6.61 Å². The summed E-state index contributed by atoms with van der Waals surface area (Å²) < 4.78 is 17.0. The molecule has 3 nitrogen and oxygen atoms in total. The van der Waals surface area contributed by atoms with Crippen molar-refractivity contribution in [1.82, 2.24) is 0 Å². The molecule has 1 aromatic carbocycles. The van der Waals surface area contributed by atoms with Crippen LogP contribution in [0.2, 0.25) is 0 Å². The van der Waals surface area contributed by atoms with Gasteiger partial charge in [0.15, 0.2) is 17.6 Å². The molecule has 0 aliphatic carbocycles. The lowest BCUT2D eigenvalue weighted by Crippen LogP contribution is -2.33. The summed E-state index contributed by atoms with van der Waals surface area (Å²) in [5, 5.41) is 1.07. The fraction of sp³-hybridized carbons (Fsp3) is 0.571. The SMILES string of the molecule is BrCCCCCOCC1COc2ccccc2O1. The average Bonchev–Trinajstić information content (AvgIpc) is 2.42. The average molecular weight is 315 g/mol. The van der Waals surface area contributed by atoms with Gasteiger partial charge in [-0.15, -0.1) is 0 Å². The van der Waals surface area contributed by atoms with Crippen LogP contribution < -0.4 is 9.47 Å². The molecular weight excluding hydrogens is 296 g/mol. The number of halogens is 1. The van der Waals surface area contributed by atoms with Gasteiger partial charge in [0.1, 0.15) is 6.61 Å². The Kier molecular flexibility index (Phi) is 5.81. The Morgan fingerprint density at radius 3 is 2.83 bits per heavy atom. The first-order valence-corrected chi connectivity index (χ1v) is 7.54. The fourth-order valence-electron chi connectivity index (χ4n) is 1.84. The zero-order chi connectivity index (χ0) is 12.6. The molecule has 0 saturated heterocycles. The van der Waals surface area contributed by atoms with Crippen molar-refractivity contribution in [2.75, 3.05) is 25.2 Å². The molecule has 1 atom stereocenters. The van der Waals surface area contributed by atoms with E-state index in [1.807, 2.05) is 24.3 Å². The van der Waals surface area contributed by atoms with Gasteiger partial charge >= 0.3 is 0 Å². The van der Waals surface area contributed by atoms with Crippen molar-refractivity contribution < 1.29 is 14.2 Å². The first-order chi connectivity index (χ1) is 8.90. The predicted octanol–water partition coefficient (Wildman–Crippen LogP) is 3.41. The van der Waals surface area contributed by atoms with E-state index in [2.05, 4.69) is 15.9 Å². The van der Waals surface area contributed by atoms with Gasteiger partial charge < -0.3 is 14.2 Å². The van der Waals surface area contributed by atoms with Gasteiger partial charge in [-0.2, -0.15) is 0 Å². The molecule has 1 aliphatic rings. The quantitative estimate of drug-likeness (QED) is 0.570. The van der Waals surface area contributed by atoms with Crippen molar-refractivity contribution in [3.05, 3.63) is 24.3 Å². The molecule has 4 heteroatoms. The molecule has 0 amide bonds. The molecule has 0 aromatic heterocycles. The summed E-state index contributed by atoms with van der Waals surface area (Å²) in [5.74, 6) is 1.64. The highest BCUT2D eigenvalue weighted by Gasteiger charge is 2.20. The van der Waals surface area contributed by atoms with E-state index in [9.17, 15) is 0 Å². The van der Waals surface area contributed by atoms with Gasteiger partial charge in [0.2, 0.25) is 0 Å². The first-order valence-electron chi connectivity index (χ1n) is 6.42. The van der Waals surface area contributed by atoms with Crippen molar-refractivity contribution >= 4 is 15.9 Å². The summed E-state index contributed by atoms with van der Waals surface area (Å²) in [7, 11) is 0. The van der Waals surface area contributed by atoms with Gasteiger partial charge in [-0.05, 0) is 25.0 Å². The molecule has 1 unspecified atom stereocenters. The topological polar surface area (TPSA) is 27.7 Å². The van der Waals surface area contributed by atoms with E-state index in [0.29, 0.717) is 13.2 Å². The van der Waals surface area contributed by atoms with Crippen LogP contribution in [0.5, 0.6) is 11.5 Å². The van der Waals surface area contributed by atoms with Crippen LogP contribution in [0.3, 0.4) is 0 Å². The van der Waals surface area contributed by atoms with Crippen LogP contribution in [0.15, 0.2) is 24.3 Å². The van der Waals surface area contributed by atoms with Crippen molar-refractivity contribution in [2.45, 2.75) is 25.4 Å². The van der Waals surface area contributed by atoms with Crippen LogP contribution in [-0.2, 0) is 4.74 Å². The third-order valence-corrected chi connectivity index (χ3v) is 3.35. The standard InChI is InChI=1S/C14H19BrO3/c15-8-4-1-5-9-16-10-12-11-17-13-6-2-3-7-14(13)18-12/h2-3,6-7,12H,1,4-5,8-11H2. The molecule has 0 N–H and O–H groups in total. The Labute approximate surface area is 117 Å². The number of alkyl halides is 1. The Morgan fingerprint density at radius 1 is 1.17 bits per heavy atom. The van der Waals surface area contributed by atoms with Crippen molar-refractivity contribution in [3.8, 4) is 11.5 Å². The van der Waals surface area contributed by atoms with Crippen molar-refractivity contribution in [1.29, 1.82) is 0 Å². The molecule has 1 aliphatic heterocycles. The predicted molar refractivity (Wildman–Crippen MR) is 74.8 cm³/mol. The number of para-hydroxylation sites is 2. The number of hydrogen-bond acceptors (Lipinski definition) is 3. The Bertz CT molecular complexity index is 357. The highest BCUT2D eigenvalue weighted by molar-refractivity contribution is 9.09. The maximum absolute atomic E-state index is 5.80. The number of benzene rings is 1. The van der Waals surface area contributed by atoms with E-state index >= 15 is 0 Å². The number of unbranched alkanes of at least 4 members (excludes halogenated alkanes) is 2. The Balaban J connectivity index is 1.64. The van der Waals surface area contributed by atoms with Crippen LogP contribution in [0, 0.1) is 0 Å². The largest absolute Gasteiger partial charge is 0.486 e. The number of fused-ring (bicyclic) bond motifs is 1. The monoisotopic (exact) mass is 314 g/mol. The lowest BCUT2D eigenvalue weighted by Gasteiger charge is -2.26. The summed E-state index contributed by atoms with van der Waals surface area (Å²) in [6.45, 7) is 1.97. The van der Waals surface area contributed by atoms with Gasteiger partial charge in [-0.25, -0.2) is 0 Å². The maximum Gasteiger partial charge on any atom is 0.161 e. The minimum absolute atomic E-state index is 0.0103. The molecule has 1 heterocycles. The zero-order valence-corrected chi connectivity index (χ0v) is 12.0. The minimum atomic E-state index is 0.0103. The van der Waals surface area contributed by atoms with Gasteiger partial charge in [-0.1, -0.05) is 34.5 Å². The van der Waals surface area contributed by atoms with Crippen molar-refractivity contribution in [3.63, 3.8) is 0 Å². The minimum Gasteiger partial charge on any atom is -0.486 e. The molecule has 100 valence electrons. The zero-order valence-electron chi connectivity index (χ0n) is 10.4. The third kappa shape index (κ3) is 4.18. The molecule has 0 spiro atoms. The van der Waals surface area contributed by atoms with Crippen molar-refractivity contribution in [2.24, 2.45) is 0 Å². The lowest BCUT2D eigenvalue weighted by molar-refractivity contribution is 0.00788. The molecule has 2 rings (SSSR count). The Hall–Kier alpha value is -0.740. The molecule has 0 fully saturated rings. The summed E-state index contributed by atoms with van der Waals surface area (Å²) in [4.78, 5) is 0. The number of hydrogen-bond donors (Lipinski definition) is 0. The van der Waals surface area contributed by atoms with Crippen LogP contribution in [0.25, 0.3) is 0 Å². The normalized spacial score (nSPS) is 17.7. The van der Waals surface area contributed by atoms with E-state index in [1.54, 1.807) is 0 Å².